The molecule has 0 radical (unpaired) electrons. The van der Waals surface area contributed by atoms with Crippen molar-refractivity contribution in [3.8, 4) is 0 Å². The summed E-state index contributed by atoms with van der Waals surface area (Å²) in [6, 6.07) is 2.45. The molecule has 2 N–H and O–H groups in total. The maximum atomic E-state index is 5.90. The van der Waals surface area contributed by atoms with Gasteiger partial charge in [-0.3, -0.25) is 0 Å². The molecule has 2 heterocycles. The van der Waals surface area contributed by atoms with Gasteiger partial charge in [-0.2, -0.15) is 0 Å². The molecule has 66 valence electrons. The summed E-state index contributed by atoms with van der Waals surface area (Å²) in [6.45, 7) is 0.963. The molecule has 0 bridgehead atoms. The molecule has 1 aromatic rings. The summed E-state index contributed by atoms with van der Waals surface area (Å²) in [6.07, 6.45) is 3.11. The monoisotopic (exact) mass is 165 g/mol. The summed E-state index contributed by atoms with van der Waals surface area (Å²) in [5.74, 6) is 1.32. The molecule has 0 aliphatic carbocycles. The van der Waals surface area contributed by atoms with Gasteiger partial charge in [0.15, 0.2) is 0 Å². The molecule has 1 unspecified atom stereocenters. The zero-order valence-corrected chi connectivity index (χ0v) is 7.62. The highest BCUT2D eigenvalue weighted by atomic mass is 15.2. The topological polar surface area (TPSA) is 34.2 Å². The van der Waals surface area contributed by atoms with E-state index in [1.807, 2.05) is 0 Å². The van der Waals surface area contributed by atoms with E-state index in [0.717, 1.165) is 13.0 Å². The Hall–Kier alpha value is -0.960. The van der Waals surface area contributed by atoms with Crippen molar-refractivity contribution in [3.05, 3.63) is 17.8 Å². The molecule has 0 fully saturated rings. The Labute approximate surface area is 72.8 Å². The molecule has 3 heteroatoms. The van der Waals surface area contributed by atoms with Crippen molar-refractivity contribution in [2.45, 2.75) is 12.5 Å². The van der Waals surface area contributed by atoms with Crippen LogP contribution < -0.4 is 10.6 Å². The molecule has 0 aromatic carbocycles. The fourth-order valence-corrected chi connectivity index (χ4v) is 2.03. The molecular weight excluding hydrogens is 150 g/mol. The minimum Gasteiger partial charge on any atom is -0.359 e. The number of nitrogens with two attached hydrogens (primary N) is 1. The second-order valence-electron chi connectivity index (χ2n) is 3.62. The van der Waals surface area contributed by atoms with Gasteiger partial charge < -0.3 is 15.2 Å². The van der Waals surface area contributed by atoms with E-state index in [1.54, 1.807) is 0 Å². The van der Waals surface area contributed by atoms with E-state index in [9.17, 15) is 0 Å². The molecule has 0 spiro atoms. The van der Waals surface area contributed by atoms with Crippen molar-refractivity contribution >= 4 is 5.82 Å². The van der Waals surface area contributed by atoms with Crippen molar-refractivity contribution in [2.24, 2.45) is 12.8 Å². The Kier molecular flexibility index (Phi) is 1.61. The lowest BCUT2D eigenvalue weighted by molar-refractivity contribution is 0.615. The van der Waals surface area contributed by atoms with Crippen molar-refractivity contribution in [1.29, 1.82) is 0 Å². The Morgan fingerprint density at radius 3 is 3.00 bits per heavy atom. The van der Waals surface area contributed by atoms with Gasteiger partial charge in [0.1, 0.15) is 5.82 Å². The Bertz CT molecular complexity index is 290. The number of hydrogen-bond donors (Lipinski definition) is 1. The minimum atomic E-state index is 0.296. The predicted molar refractivity (Wildman–Crippen MR) is 50.4 cm³/mol. The third-order valence-electron chi connectivity index (χ3n) is 2.47. The number of aryl methyl sites for hydroxylation is 1. The van der Waals surface area contributed by atoms with Crippen LogP contribution in [0.25, 0.3) is 0 Å². The van der Waals surface area contributed by atoms with Crippen molar-refractivity contribution in [3.63, 3.8) is 0 Å². The Morgan fingerprint density at radius 1 is 1.50 bits per heavy atom. The van der Waals surface area contributed by atoms with Crippen LogP contribution in [0.15, 0.2) is 12.3 Å². The number of anilines is 1. The first-order valence-corrected chi connectivity index (χ1v) is 4.29. The predicted octanol–water partition coefficient (Wildman–Crippen LogP) is 0.345. The second kappa shape index (κ2) is 2.52. The smallest absolute Gasteiger partial charge is 0.111 e. The minimum absolute atomic E-state index is 0.296. The normalized spacial score (nSPS) is 22.6. The van der Waals surface area contributed by atoms with E-state index in [-0.39, 0.29) is 0 Å². The lowest BCUT2D eigenvalue weighted by atomic mass is 10.0. The quantitative estimate of drug-likeness (QED) is 0.601. The lowest BCUT2D eigenvalue weighted by Crippen LogP contribution is -2.41. The number of nitrogens with zero attached hydrogens (tertiary/aromatic N) is 2. The van der Waals surface area contributed by atoms with Crippen molar-refractivity contribution in [2.75, 3.05) is 18.5 Å². The molecule has 1 atom stereocenters. The fraction of sp³-hybridized carbons (Fsp3) is 0.556. The van der Waals surface area contributed by atoms with Crippen LogP contribution in [-0.4, -0.2) is 24.2 Å². The van der Waals surface area contributed by atoms with Gasteiger partial charge in [-0.1, -0.05) is 0 Å². The van der Waals surface area contributed by atoms with Crippen LogP contribution in [0.2, 0.25) is 0 Å². The molecule has 0 saturated heterocycles. The number of rotatable bonds is 0. The van der Waals surface area contributed by atoms with E-state index in [1.165, 1.54) is 11.4 Å². The number of aromatic nitrogens is 1. The zero-order valence-electron chi connectivity index (χ0n) is 7.62. The first-order chi connectivity index (χ1) is 5.68. The molecule has 1 aliphatic rings. The number of likely N-dealkylation sites (N-methyl/N-ethyl adjacent to an activating group) is 1. The Balaban J connectivity index is 2.43. The van der Waals surface area contributed by atoms with Gasteiger partial charge in [-0.25, -0.2) is 0 Å². The lowest BCUT2D eigenvalue weighted by Gasteiger charge is -2.30. The molecule has 1 aromatic heterocycles. The maximum absolute atomic E-state index is 5.90. The second-order valence-corrected chi connectivity index (χ2v) is 3.62. The van der Waals surface area contributed by atoms with Gasteiger partial charge in [0.2, 0.25) is 0 Å². The molecular formula is C9H15N3. The largest absolute Gasteiger partial charge is 0.359 e. The van der Waals surface area contributed by atoms with Gasteiger partial charge in [0.05, 0.1) is 0 Å². The van der Waals surface area contributed by atoms with Crippen LogP contribution in [-0.2, 0) is 13.5 Å². The standard InChI is InChI=1S/C9H15N3/c1-11-4-3-7-5-8(10)6-12(2)9(7)11/h3-4,8H,5-6,10H2,1-2H3. The van der Waals surface area contributed by atoms with E-state index >= 15 is 0 Å². The van der Waals surface area contributed by atoms with Gasteiger partial charge in [0, 0.05) is 32.9 Å². The van der Waals surface area contributed by atoms with Crippen LogP contribution in [0.4, 0.5) is 5.82 Å². The molecule has 2 rings (SSSR count). The third-order valence-corrected chi connectivity index (χ3v) is 2.47. The summed E-state index contributed by atoms with van der Waals surface area (Å²) >= 11 is 0. The van der Waals surface area contributed by atoms with Crippen LogP contribution in [0.5, 0.6) is 0 Å². The zero-order chi connectivity index (χ0) is 8.72. The van der Waals surface area contributed by atoms with Gasteiger partial charge in [-0.05, 0) is 18.1 Å². The van der Waals surface area contributed by atoms with Crippen molar-refractivity contribution < 1.29 is 0 Å². The van der Waals surface area contributed by atoms with Crippen LogP contribution in [0, 0.1) is 0 Å². The first-order valence-electron chi connectivity index (χ1n) is 4.29. The van der Waals surface area contributed by atoms with Crippen LogP contribution in [0.3, 0.4) is 0 Å². The van der Waals surface area contributed by atoms with E-state index in [0.29, 0.717) is 6.04 Å². The summed E-state index contributed by atoms with van der Waals surface area (Å²) < 4.78 is 2.15. The number of fused-ring (bicyclic) bond motifs is 1. The maximum Gasteiger partial charge on any atom is 0.111 e. The highest BCUT2D eigenvalue weighted by Crippen LogP contribution is 2.25. The average Bonchev–Trinajstić information content (AvgIpc) is 2.31. The van der Waals surface area contributed by atoms with E-state index in [2.05, 4.69) is 35.8 Å². The number of hydrogen-bond acceptors (Lipinski definition) is 2. The third kappa shape index (κ3) is 1.01. The van der Waals surface area contributed by atoms with Gasteiger partial charge >= 0.3 is 0 Å². The summed E-state index contributed by atoms with van der Waals surface area (Å²) in [5.41, 5.74) is 7.27. The SMILES string of the molecule is CN1CC(N)Cc2ccn(C)c21. The van der Waals surface area contributed by atoms with Gasteiger partial charge in [0.25, 0.3) is 0 Å². The van der Waals surface area contributed by atoms with E-state index in [4.69, 9.17) is 5.73 Å². The van der Waals surface area contributed by atoms with Crippen LogP contribution in [0.1, 0.15) is 5.56 Å². The molecule has 1 aliphatic heterocycles. The van der Waals surface area contributed by atoms with E-state index < -0.39 is 0 Å². The average molecular weight is 165 g/mol. The summed E-state index contributed by atoms with van der Waals surface area (Å²) in [5, 5.41) is 0. The molecule has 3 nitrogen and oxygen atoms in total. The molecule has 0 amide bonds. The summed E-state index contributed by atoms with van der Waals surface area (Å²) in [7, 11) is 4.17. The highest BCUT2D eigenvalue weighted by molar-refractivity contribution is 5.51. The van der Waals surface area contributed by atoms with Crippen LogP contribution >= 0.6 is 0 Å². The molecule has 12 heavy (non-hydrogen) atoms. The summed E-state index contributed by atoms with van der Waals surface area (Å²) in [4.78, 5) is 2.23. The Morgan fingerprint density at radius 2 is 2.25 bits per heavy atom. The fourth-order valence-electron chi connectivity index (χ4n) is 2.03. The first kappa shape index (κ1) is 7.68. The highest BCUT2D eigenvalue weighted by Gasteiger charge is 2.21. The van der Waals surface area contributed by atoms with Gasteiger partial charge in [-0.15, -0.1) is 0 Å². The molecule has 0 saturated carbocycles. The van der Waals surface area contributed by atoms with Crippen molar-refractivity contribution in [1.82, 2.24) is 4.57 Å².